The van der Waals surface area contributed by atoms with Crippen molar-refractivity contribution in [3.8, 4) is 0 Å². The lowest BCUT2D eigenvalue weighted by Gasteiger charge is -2.22. The maximum atomic E-state index is 12.3. The molecule has 0 aliphatic heterocycles. The lowest BCUT2D eigenvalue weighted by molar-refractivity contribution is -0.138. The molecule has 104 valence electrons. The number of likely N-dealkylation sites (N-methyl/N-ethyl adjacent to an activating group) is 1. The largest absolute Gasteiger partial charge is 0.445 e. The number of hydrogen-bond donors (Lipinski definition) is 1. The van der Waals surface area contributed by atoms with Crippen LogP contribution in [-0.2, 0) is 6.18 Å². The van der Waals surface area contributed by atoms with E-state index in [9.17, 15) is 13.2 Å². The van der Waals surface area contributed by atoms with Crippen molar-refractivity contribution >= 4 is 16.5 Å². The lowest BCUT2D eigenvalue weighted by atomic mass is 10.3. The molecule has 0 aromatic carbocycles. The first-order chi connectivity index (χ1) is 8.36. The number of anilines is 1. The molecule has 0 fully saturated rings. The van der Waals surface area contributed by atoms with E-state index in [0.29, 0.717) is 11.3 Å². The molecule has 0 aliphatic rings. The number of nitrogens with zero attached hydrogens (tertiary/aromatic N) is 3. The molecule has 0 bridgehead atoms. The Balaban J connectivity index is 2.54. The van der Waals surface area contributed by atoms with Crippen LogP contribution in [0.5, 0.6) is 0 Å². The maximum Gasteiger partial charge on any atom is 0.445 e. The van der Waals surface area contributed by atoms with E-state index in [2.05, 4.69) is 20.4 Å². The van der Waals surface area contributed by atoms with E-state index in [1.54, 1.807) is 0 Å². The molecular weight excluding hydrogens is 265 g/mol. The first-order valence-electron chi connectivity index (χ1n) is 5.76. The van der Waals surface area contributed by atoms with Crippen LogP contribution in [0.25, 0.3) is 0 Å². The summed E-state index contributed by atoms with van der Waals surface area (Å²) >= 11 is 0.534. The number of halogens is 3. The van der Waals surface area contributed by atoms with E-state index < -0.39 is 11.2 Å². The van der Waals surface area contributed by atoms with Gasteiger partial charge in [-0.15, -0.1) is 10.2 Å². The van der Waals surface area contributed by atoms with Gasteiger partial charge in [0.05, 0.1) is 0 Å². The van der Waals surface area contributed by atoms with Crippen LogP contribution in [0.4, 0.5) is 18.3 Å². The Morgan fingerprint density at radius 3 is 2.33 bits per heavy atom. The third-order valence-electron chi connectivity index (χ3n) is 2.46. The molecule has 0 spiro atoms. The molecule has 1 atom stereocenters. The van der Waals surface area contributed by atoms with E-state index in [4.69, 9.17) is 0 Å². The third kappa shape index (κ3) is 4.41. The van der Waals surface area contributed by atoms with Crippen molar-refractivity contribution in [1.29, 1.82) is 0 Å². The Morgan fingerprint density at radius 2 is 1.89 bits per heavy atom. The van der Waals surface area contributed by atoms with Crippen LogP contribution in [0.2, 0.25) is 0 Å². The Labute approximate surface area is 108 Å². The second-order valence-corrected chi connectivity index (χ2v) is 4.92. The minimum absolute atomic E-state index is 0.0268. The molecule has 0 radical (unpaired) electrons. The summed E-state index contributed by atoms with van der Waals surface area (Å²) in [5.74, 6) is 0. The smallest absolute Gasteiger partial charge is 0.356 e. The van der Waals surface area contributed by atoms with Crippen LogP contribution in [0.15, 0.2) is 0 Å². The van der Waals surface area contributed by atoms with Crippen LogP contribution in [0.3, 0.4) is 0 Å². The Bertz CT molecular complexity index is 362. The molecule has 1 N–H and O–H groups in total. The van der Waals surface area contributed by atoms with Crippen molar-refractivity contribution < 1.29 is 13.2 Å². The molecule has 1 unspecified atom stereocenters. The van der Waals surface area contributed by atoms with Crippen molar-refractivity contribution in [3.63, 3.8) is 0 Å². The molecule has 18 heavy (non-hydrogen) atoms. The summed E-state index contributed by atoms with van der Waals surface area (Å²) in [7, 11) is 0. The molecule has 4 nitrogen and oxygen atoms in total. The van der Waals surface area contributed by atoms with Crippen molar-refractivity contribution in [2.24, 2.45) is 0 Å². The van der Waals surface area contributed by atoms with Crippen LogP contribution in [0.1, 0.15) is 25.8 Å². The van der Waals surface area contributed by atoms with Crippen LogP contribution < -0.4 is 5.32 Å². The SMILES string of the molecule is CCN(CC)CC(C)Nc1nnc(C(F)(F)F)s1. The summed E-state index contributed by atoms with van der Waals surface area (Å²) < 4.78 is 37.0. The summed E-state index contributed by atoms with van der Waals surface area (Å²) in [4.78, 5) is 2.18. The van der Waals surface area contributed by atoms with Crippen molar-refractivity contribution in [2.45, 2.75) is 33.0 Å². The Hall–Kier alpha value is -0.890. The van der Waals surface area contributed by atoms with E-state index in [-0.39, 0.29) is 11.2 Å². The van der Waals surface area contributed by atoms with Gasteiger partial charge in [-0.05, 0) is 20.0 Å². The molecule has 1 heterocycles. The van der Waals surface area contributed by atoms with E-state index >= 15 is 0 Å². The molecule has 1 aromatic heterocycles. The van der Waals surface area contributed by atoms with Crippen molar-refractivity contribution in [2.75, 3.05) is 25.0 Å². The van der Waals surface area contributed by atoms with Gasteiger partial charge in [-0.2, -0.15) is 13.2 Å². The van der Waals surface area contributed by atoms with E-state index in [1.165, 1.54) is 0 Å². The highest BCUT2D eigenvalue weighted by Gasteiger charge is 2.35. The summed E-state index contributed by atoms with van der Waals surface area (Å²) in [6.45, 7) is 8.58. The van der Waals surface area contributed by atoms with E-state index in [1.807, 2.05) is 20.8 Å². The third-order valence-corrected chi connectivity index (χ3v) is 3.36. The first-order valence-corrected chi connectivity index (χ1v) is 6.58. The highest BCUT2D eigenvalue weighted by Crippen LogP contribution is 2.33. The van der Waals surface area contributed by atoms with Gasteiger partial charge in [-0.1, -0.05) is 25.2 Å². The maximum absolute atomic E-state index is 12.3. The van der Waals surface area contributed by atoms with Gasteiger partial charge in [0.15, 0.2) is 0 Å². The lowest BCUT2D eigenvalue weighted by Crippen LogP contribution is -2.34. The summed E-state index contributed by atoms with van der Waals surface area (Å²) in [5.41, 5.74) is 0. The number of rotatable bonds is 6. The average Bonchev–Trinajstić information content (AvgIpc) is 2.74. The number of nitrogens with one attached hydrogen (secondary N) is 1. The fourth-order valence-electron chi connectivity index (χ4n) is 1.52. The predicted octanol–water partition coefficient (Wildman–Crippen LogP) is 2.70. The van der Waals surface area contributed by atoms with Gasteiger partial charge < -0.3 is 10.2 Å². The van der Waals surface area contributed by atoms with Gasteiger partial charge in [0.25, 0.3) is 0 Å². The molecular formula is C10H17F3N4S. The highest BCUT2D eigenvalue weighted by molar-refractivity contribution is 7.15. The number of aromatic nitrogens is 2. The fraction of sp³-hybridized carbons (Fsp3) is 0.800. The molecule has 1 aromatic rings. The molecule has 0 saturated carbocycles. The van der Waals surface area contributed by atoms with E-state index in [0.717, 1.165) is 19.6 Å². The number of alkyl halides is 3. The van der Waals surface area contributed by atoms with Gasteiger partial charge in [-0.25, -0.2) is 0 Å². The first kappa shape index (κ1) is 15.2. The summed E-state index contributed by atoms with van der Waals surface area (Å²) in [6, 6.07) is 0.0268. The van der Waals surface area contributed by atoms with Crippen LogP contribution in [0, 0.1) is 0 Å². The Morgan fingerprint density at radius 1 is 1.28 bits per heavy atom. The van der Waals surface area contributed by atoms with Crippen molar-refractivity contribution in [3.05, 3.63) is 5.01 Å². The molecule has 0 aliphatic carbocycles. The molecule has 8 heteroatoms. The molecule has 1 rings (SSSR count). The number of hydrogen-bond acceptors (Lipinski definition) is 5. The van der Waals surface area contributed by atoms with Gasteiger partial charge in [-0.3, -0.25) is 0 Å². The zero-order chi connectivity index (χ0) is 13.8. The van der Waals surface area contributed by atoms with Gasteiger partial charge in [0.1, 0.15) is 0 Å². The second-order valence-electron chi connectivity index (χ2n) is 3.94. The summed E-state index contributed by atoms with van der Waals surface area (Å²) in [6.07, 6.45) is -4.42. The minimum Gasteiger partial charge on any atom is -0.356 e. The topological polar surface area (TPSA) is 41.0 Å². The quantitative estimate of drug-likeness (QED) is 0.871. The zero-order valence-electron chi connectivity index (χ0n) is 10.6. The van der Waals surface area contributed by atoms with Crippen molar-refractivity contribution in [1.82, 2.24) is 15.1 Å². The standard InChI is InChI=1S/C10H17F3N4S/c1-4-17(5-2)6-7(3)14-9-16-15-8(18-9)10(11,12)13/h7H,4-6H2,1-3H3,(H,14,16). The fourth-order valence-corrected chi connectivity index (χ4v) is 2.24. The molecule has 0 amide bonds. The average molecular weight is 282 g/mol. The van der Waals surface area contributed by atoms with Gasteiger partial charge >= 0.3 is 6.18 Å². The zero-order valence-corrected chi connectivity index (χ0v) is 11.4. The van der Waals surface area contributed by atoms with Gasteiger partial charge in [0, 0.05) is 12.6 Å². The second kappa shape index (κ2) is 6.33. The predicted molar refractivity (Wildman–Crippen MR) is 65.8 cm³/mol. The Kier molecular flexibility index (Phi) is 5.33. The van der Waals surface area contributed by atoms with Crippen LogP contribution in [-0.4, -0.2) is 40.8 Å². The molecule has 0 saturated heterocycles. The van der Waals surface area contributed by atoms with Crippen LogP contribution >= 0.6 is 11.3 Å². The monoisotopic (exact) mass is 282 g/mol. The highest BCUT2D eigenvalue weighted by atomic mass is 32.1. The van der Waals surface area contributed by atoms with Gasteiger partial charge in [0.2, 0.25) is 10.1 Å². The summed E-state index contributed by atoms with van der Waals surface area (Å²) in [5, 5.41) is 8.86. The normalized spacial score (nSPS) is 13.9. The minimum atomic E-state index is -4.42.